The van der Waals surface area contributed by atoms with Gasteiger partial charge in [0.1, 0.15) is 0 Å². The van der Waals surface area contributed by atoms with Gasteiger partial charge in [0, 0.05) is 31.8 Å². The normalized spacial score (nSPS) is 14.6. The van der Waals surface area contributed by atoms with Gasteiger partial charge in [0.05, 0.1) is 19.8 Å². The van der Waals surface area contributed by atoms with Gasteiger partial charge < -0.3 is 19.9 Å². The average Bonchev–Trinajstić information content (AvgIpc) is 2.47. The highest BCUT2D eigenvalue weighted by molar-refractivity contribution is 4.81. The molecule has 0 amide bonds. The Balaban J connectivity index is 4.06. The van der Waals surface area contributed by atoms with Crippen LogP contribution in [-0.4, -0.2) is 74.8 Å². The predicted octanol–water partition coefficient (Wildman–Crippen LogP) is 1.50. The second kappa shape index (κ2) is 13.5. The lowest BCUT2D eigenvalue weighted by Crippen LogP contribution is -2.46. The zero-order valence-corrected chi connectivity index (χ0v) is 14.5. The van der Waals surface area contributed by atoms with E-state index in [-0.39, 0.29) is 12.1 Å². The Morgan fingerprint density at radius 2 is 1.57 bits per heavy atom. The first-order valence-electron chi connectivity index (χ1n) is 8.35. The second-order valence-electron chi connectivity index (χ2n) is 5.59. The van der Waals surface area contributed by atoms with E-state index in [4.69, 9.17) is 9.47 Å². The molecule has 0 rings (SSSR count). The van der Waals surface area contributed by atoms with E-state index in [1.54, 1.807) is 0 Å². The highest BCUT2D eigenvalue weighted by Gasteiger charge is 2.21. The molecule has 1 unspecified atom stereocenters. The molecule has 5 nitrogen and oxygen atoms in total. The minimum Gasteiger partial charge on any atom is -0.394 e. The molecule has 0 radical (unpaired) electrons. The van der Waals surface area contributed by atoms with Crippen molar-refractivity contribution >= 4 is 0 Å². The number of aliphatic hydroxyl groups excluding tert-OH is 1. The van der Waals surface area contributed by atoms with E-state index >= 15 is 0 Å². The number of nitrogens with zero attached hydrogens (tertiary/aromatic N) is 1. The van der Waals surface area contributed by atoms with Gasteiger partial charge in [0.15, 0.2) is 0 Å². The molecule has 0 aliphatic heterocycles. The molecule has 0 saturated heterocycles. The molecular formula is C16H36N2O3. The van der Waals surface area contributed by atoms with Crippen LogP contribution in [0.3, 0.4) is 0 Å². The Morgan fingerprint density at radius 1 is 1.00 bits per heavy atom. The van der Waals surface area contributed by atoms with Crippen molar-refractivity contribution in [1.82, 2.24) is 10.2 Å². The molecule has 0 heterocycles. The van der Waals surface area contributed by atoms with Crippen LogP contribution in [-0.2, 0) is 9.47 Å². The van der Waals surface area contributed by atoms with Gasteiger partial charge in [-0.3, -0.25) is 4.90 Å². The molecule has 0 bridgehead atoms. The number of hydrogen-bond acceptors (Lipinski definition) is 5. The number of ether oxygens (including phenoxy) is 2. The van der Waals surface area contributed by atoms with Crippen LogP contribution in [0.25, 0.3) is 0 Å². The van der Waals surface area contributed by atoms with Crippen LogP contribution in [0.4, 0.5) is 0 Å². The SMILES string of the molecule is CCNC(C)(CO)CCCN(CCOCC)CCOCC. The van der Waals surface area contributed by atoms with Gasteiger partial charge in [-0.15, -0.1) is 0 Å². The summed E-state index contributed by atoms with van der Waals surface area (Å²) in [4.78, 5) is 2.38. The summed E-state index contributed by atoms with van der Waals surface area (Å²) < 4.78 is 10.9. The van der Waals surface area contributed by atoms with Gasteiger partial charge in [-0.2, -0.15) is 0 Å². The highest BCUT2D eigenvalue weighted by Crippen LogP contribution is 2.12. The summed E-state index contributed by atoms with van der Waals surface area (Å²) in [5.41, 5.74) is -0.166. The highest BCUT2D eigenvalue weighted by atomic mass is 16.5. The minimum atomic E-state index is -0.166. The molecule has 21 heavy (non-hydrogen) atoms. The van der Waals surface area contributed by atoms with Gasteiger partial charge in [-0.05, 0) is 46.7 Å². The second-order valence-corrected chi connectivity index (χ2v) is 5.59. The van der Waals surface area contributed by atoms with E-state index in [9.17, 15) is 5.11 Å². The summed E-state index contributed by atoms with van der Waals surface area (Å²) in [7, 11) is 0. The Hall–Kier alpha value is -0.200. The van der Waals surface area contributed by atoms with Crippen molar-refractivity contribution in [3.63, 3.8) is 0 Å². The molecule has 0 fully saturated rings. The molecule has 1 atom stereocenters. The van der Waals surface area contributed by atoms with Crippen LogP contribution in [0.2, 0.25) is 0 Å². The fraction of sp³-hybridized carbons (Fsp3) is 1.00. The number of rotatable bonds is 15. The zero-order chi connectivity index (χ0) is 16.0. The fourth-order valence-electron chi connectivity index (χ4n) is 2.35. The van der Waals surface area contributed by atoms with Crippen LogP contribution in [0, 0.1) is 0 Å². The van der Waals surface area contributed by atoms with E-state index in [1.165, 1.54) is 0 Å². The monoisotopic (exact) mass is 304 g/mol. The van der Waals surface area contributed by atoms with Crippen LogP contribution >= 0.6 is 0 Å². The van der Waals surface area contributed by atoms with Crippen molar-refractivity contribution in [1.29, 1.82) is 0 Å². The maximum absolute atomic E-state index is 9.51. The number of likely N-dealkylation sites (N-methyl/N-ethyl adjacent to an activating group) is 1. The summed E-state index contributed by atoms with van der Waals surface area (Å²) in [5.74, 6) is 0. The molecule has 0 aromatic rings. The van der Waals surface area contributed by atoms with E-state index < -0.39 is 0 Å². The van der Waals surface area contributed by atoms with Crippen LogP contribution < -0.4 is 5.32 Å². The summed E-state index contributed by atoms with van der Waals surface area (Å²) in [6.45, 7) is 15.2. The van der Waals surface area contributed by atoms with Gasteiger partial charge >= 0.3 is 0 Å². The third kappa shape index (κ3) is 11.1. The molecule has 0 aromatic carbocycles. The van der Waals surface area contributed by atoms with Crippen LogP contribution in [0.1, 0.15) is 40.5 Å². The lowest BCUT2D eigenvalue weighted by Gasteiger charge is -2.30. The lowest BCUT2D eigenvalue weighted by molar-refractivity contribution is 0.0795. The smallest absolute Gasteiger partial charge is 0.0610 e. The predicted molar refractivity (Wildman–Crippen MR) is 87.8 cm³/mol. The largest absolute Gasteiger partial charge is 0.394 e. The van der Waals surface area contributed by atoms with Crippen molar-refractivity contribution < 1.29 is 14.6 Å². The first-order valence-corrected chi connectivity index (χ1v) is 8.35. The third-order valence-electron chi connectivity index (χ3n) is 3.67. The first-order chi connectivity index (χ1) is 10.1. The van der Waals surface area contributed by atoms with Crippen molar-refractivity contribution in [3.8, 4) is 0 Å². The quantitative estimate of drug-likeness (QED) is 0.449. The molecule has 0 saturated carbocycles. The molecule has 0 aromatic heterocycles. The molecule has 0 aliphatic carbocycles. The molecule has 128 valence electrons. The number of hydrogen-bond donors (Lipinski definition) is 2. The maximum Gasteiger partial charge on any atom is 0.0610 e. The van der Waals surface area contributed by atoms with Gasteiger partial charge in [-0.1, -0.05) is 6.92 Å². The summed E-state index contributed by atoms with van der Waals surface area (Å²) in [5, 5.41) is 12.9. The zero-order valence-electron chi connectivity index (χ0n) is 14.5. The van der Waals surface area contributed by atoms with E-state index in [1.807, 2.05) is 13.8 Å². The Morgan fingerprint density at radius 3 is 2.00 bits per heavy atom. The van der Waals surface area contributed by atoms with Crippen molar-refractivity contribution in [2.45, 2.75) is 46.1 Å². The summed E-state index contributed by atoms with van der Waals surface area (Å²) in [6, 6.07) is 0. The lowest BCUT2D eigenvalue weighted by atomic mass is 9.96. The standard InChI is InChI=1S/C16H36N2O3/c1-5-17-16(4,15-19)9-8-10-18(11-13-20-6-2)12-14-21-7-3/h17,19H,5-15H2,1-4H3. The molecule has 2 N–H and O–H groups in total. The Bertz CT molecular complexity index is 220. The molecule has 5 heteroatoms. The summed E-state index contributed by atoms with van der Waals surface area (Å²) >= 11 is 0. The van der Waals surface area contributed by atoms with Gasteiger partial charge in [-0.25, -0.2) is 0 Å². The maximum atomic E-state index is 9.51. The molecule has 0 aliphatic rings. The third-order valence-corrected chi connectivity index (χ3v) is 3.67. The Labute approximate surface area is 131 Å². The topological polar surface area (TPSA) is 54.0 Å². The number of aliphatic hydroxyl groups is 1. The number of nitrogens with one attached hydrogen (secondary N) is 1. The van der Waals surface area contributed by atoms with E-state index in [2.05, 4.69) is 24.1 Å². The van der Waals surface area contributed by atoms with Crippen molar-refractivity contribution in [2.24, 2.45) is 0 Å². The Kier molecular flexibility index (Phi) is 13.3. The van der Waals surface area contributed by atoms with E-state index in [0.717, 1.165) is 65.4 Å². The molecular weight excluding hydrogens is 268 g/mol. The van der Waals surface area contributed by atoms with Crippen LogP contribution in [0.5, 0.6) is 0 Å². The average molecular weight is 304 g/mol. The minimum absolute atomic E-state index is 0.166. The summed E-state index contributed by atoms with van der Waals surface area (Å²) in [6.07, 6.45) is 2.03. The van der Waals surface area contributed by atoms with Crippen LogP contribution in [0.15, 0.2) is 0 Å². The van der Waals surface area contributed by atoms with Gasteiger partial charge in [0.25, 0.3) is 0 Å². The first kappa shape index (κ1) is 20.8. The van der Waals surface area contributed by atoms with Crippen molar-refractivity contribution in [3.05, 3.63) is 0 Å². The van der Waals surface area contributed by atoms with Crippen molar-refractivity contribution in [2.75, 3.05) is 59.2 Å². The van der Waals surface area contributed by atoms with Gasteiger partial charge in [0.2, 0.25) is 0 Å². The van der Waals surface area contributed by atoms with E-state index in [0.29, 0.717) is 0 Å². The fourth-order valence-corrected chi connectivity index (χ4v) is 2.35. The molecule has 0 spiro atoms.